The molecule has 0 spiro atoms. The smallest absolute Gasteiger partial charge is 0.336 e. The first-order chi connectivity index (χ1) is 16.4. The Labute approximate surface area is 223 Å². The summed E-state index contributed by atoms with van der Waals surface area (Å²) in [6, 6.07) is 13.3. The molecule has 0 aliphatic carbocycles. The Bertz CT molecular complexity index is 1130. The van der Waals surface area contributed by atoms with E-state index in [1.54, 1.807) is 12.1 Å². The summed E-state index contributed by atoms with van der Waals surface area (Å²) in [6.45, 7) is 17.1. The third kappa shape index (κ3) is 9.91. The van der Waals surface area contributed by atoms with E-state index in [0.29, 0.717) is 36.7 Å². The molecule has 0 unspecified atom stereocenters. The lowest BCUT2D eigenvalue weighted by Gasteiger charge is -2.36. The van der Waals surface area contributed by atoms with Gasteiger partial charge in [-0.1, -0.05) is 60.7 Å². The van der Waals surface area contributed by atoms with Crippen LogP contribution in [-0.2, 0) is 4.74 Å². The molecule has 1 fully saturated rings. The summed E-state index contributed by atoms with van der Waals surface area (Å²) >= 11 is 0. The SMILES string of the molecule is C.C.CC(C)[N+]1(O)CCOCC1.CC(C)c1cccc[n+]1[O-].Cc1ccc2c(C(C)C)cc(=O)oc2c1. The lowest BCUT2D eigenvalue weighted by molar-refractivity contribution is -1.12. The van der Waals surface area contributed by atoms with Crippen LogP contribution in [0.3, 0.4) is 0 Å². The molecule has 1 saturated heterocycles. The first kappa shape index (κ1) is 34.3. The molecule has 0 amide bonds. The average Bonchev–Trinajstić information content (AvgIpc) is 2.79. The van der Waals surface area contributed by atoms with Crippen molar-refractivity contribution in [1.82, 2.24) is 0 Å². The molecule has 0 bridgehead atoms. The fourth-order valence-corrected chi connectivity index (χ4v) is 3.84. The van der Waals surface area contributed by atoms with Crippen LogP contribution in [0.25, 0.3) is 11.0 Å². The zero-order valence-corrected chi connectivity index (χ0v) is 22.2. The number of quaternary nitrogens is 1. The molecule has 0 atom stereocenters. The Balaban J connectivity index is 0.000000528. The van der Waals surface area contributed by atoms with E-state index in [1.165, 1.54) is 6.20 Å². The number of nitrogens with zero attached hydrogens (tertiary/aromatic N) is 2. The van der Waals surface area contributed by atoms with E-state index in [1.807, 2.05) is 65.0 Å². The van der Waals surface area contributed by atoms with Gasteiger partial charge in [0, 0.05) is 29.5 Å². The third-order valence-corrected chi connectivity index (χ3v) is 6.21. The highest BCUT2D eigenvalue weighted by Crippen LogP contribution is 2.24. The number of aromatic nitrogens is 1. The van der Waals surface area contributed by atoms with Gasteiger partial charge in [-0.05, 0) is 43.9 Å². The summed E-state index contributed by atoms with van der Waals surface area (Å²) in [5, 5.41) is 21.8. The molecular formula is C30H49N2O5+. The molecule has 0 radical (unpaired) electrons. The molecule has 208 valence electrons. The molecular weight excluding hydrogens is 468 g/mol. The number of pyridine rings is 1. The van der Waals surface area contributed by atoms with Crippen molar-refractivity contribution < 1.29 is 23.7 Å². The predicted molar refractivity (Wildman–Crippen MR) is 152 cm³/mol. The van der Waals surface area contributed by atoms with E-state index in [0.717, 1.165) is 40.0 Å². The Hall–Kier alpha value is -2.74. The molecule has 1 N–H and O–H groups in total. The maximum absolute atomic E-state index is 11.4. The molecule has 3 aromatic rings. The highest BCUT2D eigenvalue weighted by atomic mass is 16.6. The van der Waals surface area contributed by atoms with Crippen molar-refractivity contribution in [2.24, 2.45) is 0 Å². The summed E-state index contributed by atoms with van der Waals surface area (Å²) in [4.78, 5) is 11.4. The Morgan fingerprint density at radius 1 is 0.946 bits per heavy atom. The van der Waals surface area contributed by atoms with Gasteiger partial charge in [-0.2, -0.15) is 9.38 Å². The van der Waals surface area contributed by atoms with Crippen molar-refractivity contribution in [3.8, 4) is 0 Å². The van der Waals surface area contributed by atoms with E-state index >= 15 is 0 Å². The fraction of sp³-hybridized carbons (Fsp3) is 0.533. The first-order valence-electron chi connectivity index (χ1n) is 12.3. The van der Waals surface area contributed by atoms with Crippen molar-refractivity contribution in [2.75, 3.05) is 26.3 Å². The summed E-state index contributed by atoms with van der Waals surface area (Å²) in [7, 11) is 0. The van der Waals surface area contributed by atoms with Gasteiger partial charge in [0.15, 0.2) is 11.9 Å². The average molecular weight is 518 g/mol. The number of hydrogen-bond acceptors (Lipinski definition) is 5. The highest BCUT2D eigenvalue weighted by molar-refractivity contribution is 5.81. The second-order valence-electron chi connectivity index (χ2n) is 9.92. The molecule has 4 rings (SSSR count). The van der Waals surface area contributed by atoms with E-state index in [9.17, 15) is 15.2 Å². The third-order valence-electron chi connectivity index (χ3n) is 6.21. The molecule has 3 heterocycles. The highest BCUT2D eigenvalue weighted by Gasteiger charge is 2.32. The van der Waals surface area contributed by atoms with Crippen LogP contribution in [0.15, 0.2) is 57.9 Å². The number of morpholine rings is 1. The van der Waals surface area contributed by atoms with Crippen molar-refractivity contribution in [1.29, 1.82) is 0 Å². The second-order valence-corrected chi connectivity index (χ2v) is 9.92. The summed E-state index contributed by atoms with van der Waals surface area (Å²) in [6.07, 6.45) is 1.52. The van der Waals surface area contributed by atoms with E-state index < -0.39 is 0 Å². The molecule has 37 heavy (non-hydrogen) atoms. The molecule has 7 heteroatoms. The molecule has 1 aliphatic heterocycles. The number of fused-ring (bicyclic) bond motifs is 1. The second kappa shape index (κ2) is 15.5. The normalized spacial score (nSPS) is 14.1. The first-order valence-corrected chi connectivity index (χ1v) is 12.3. The number of benzene rings is 1. The maximum atomic E-state index is 11.4. The van der Waals surface area contributed by atoms with Gasteiger partial charge < -0.3 is 14.4 Å². The Morgan fingerprint density at radius 3 is 2.03 bits per heavy atom. The number of ether oxygens (including phenoxy) is 1. The van der Waals surface area contributed by atoms with Crippen LogP contribution in [-0.4, -0.2) is 42.2 Å². The monoisotopic (exact) mass is 517 g/mol. The molecule has 2 aromatic heterocycles. The topological polar surface area (TPSA) is 86.6 Å². The van der Waals surface area contributed by atoms with Gasteiger partial charge in [0.05, 0.1) is 13.2 Å². The fourth-order valence-electron chi connectivity index (χ4n) is 3.84. The van der Waals surface area contributed by atoms with Gasteiger partial charge in [0.1, 0.15) is 24.7 Å². The number of hydroxylamine groups is 3. The van der Waals surface area contributed by atoms with Gasteiger partial charge in [0.25, 0.3) is 0 Å². The van der Waals surface area contributed by atoms with Crippen LogP contribution in [0, 0.1) is 12.1 Å². The van der Waals surface area contributed by atoms with Gasteiger partial charge in [0.2, 0.25) is 0 Å². The number of rotatable bonds is 3. The van der Waals surface area contributed by atoms with Crippen LogP contribution in [0.4, 0.5) is 0 Å². The number of aryl methyl sites for hydroxylation is 1. The van der Waals surface area contributed by atoms with E-state index in [-0.39, 0.29) is 25.1 Å². The van der Waals surface area contributed by atoms with Crippen molar-refractivity contribution in [3.63, 3.8) is 0 Å². The van der Waals surface area contributed by atoms with Crippen molar-refractivity contribution in [3.05, 3.63) is 81.1 Å². The standard InChI is InChI=1S/C13H14O2.C8H11NO.C7H16NO2.2CH4/c1-8(2)11-7-13(14)15-12-6-9(3)4-5-10(11)12;1-7(2)8-5-3-4-6-9(8)10;1-7(2)8(9)3-5-10-6-4-8;;/h4-8H,1-3H3;3-7H,1-2H3;7,9H,3-6H2,1-2H3;2*1H4/q;;+1;;. The van der Waals surface area contributed by atoms with Crippen molar-refractivity contribution in [2.45, 2.75) is 81.2 Å². The summed E-state index contributed by atoms with van der Waals surface area (Å²) in [5.74, 6) is 0.637. The van der Waals surface area contributed by atoms with E-state index in [2.05, 4.69) is 13.8 Å². The van der Waals surface area contributed by atoms with Crippen LogP contribution in [0.2, 0.25) is 0 Å². The molecule has 1 aromatic carbocycles. The minimum Gasteiger partial charge on any atom is -0.618 e. The largest absolute Gasteiger partial charge is 0.618 e. The zero-order chi connectivity index (χ0) is 26.2. The molecule has 0 saturated carbocycles. The number of hydrogen-bond donors (Lipinski definition) is 1. The summed E-state index contributed by atoms with van der Waals surface area (Å²) in [5.41, 5.74) is 3.40. The van der Waals surface area contributed by atoms with E-state index in [4.69, 9.17) is 9.15 Å². The summed E-state index contributed by atoms with van der Waals surface area (Å²) < 4.78 is 11.4. The quantitative estimate of drug-likeness (QED) is 0.184. The van der Waals surface area contributed by atoms with Crippen LogP contribution >= 0.6 is 0 Å². The predicted octanol–water partition coefficient (Wildman–Crippen LogP) is 6.57. The molecule has 7 nitrogen and oxygen atoms in total. The van der Waals surface area contributed by atoms with Crippen molar-refractivity contribution >= 4 is 11.0 Å². The Kier molecular flexibility index (Phi) is 14.3. The minimum absolute atomic E-state index is 0. The van der Waals surface area contributed by atoms with Crippen LogP contribution in [0.1, 0.15) is 85.1 Å². The van der Waals surface area contributed by atoms with Crippen LogP contribution < -0.4 is 10.4 Å². The van der Waals surface area contributed by atoms with Gasteiger partial charge in [-0.25, -0.2) is 10.0 Å². The maximum Gasteiger partial charge on any atom is 0.336 e. The zero-order valence-electron chi connectivity index (χ0n) is 22.2. The lowest BCUT2D eigenvalue weighted by atomic mass is 9.99. The lowest BCUT2D eigenvalue weighted by Crippen LogP contribution is -2.56. The van der Waals surface area contributed by atoms with Crippen LogP contribution in [0.5, 0.6) is 0 Å². The van der Waals surface area contributed by atoms with Gasteiger partial charge >= 0.3 is 5.63 Å². The minimum atomic E-state index is -0.267. The Morgan fingerprint density at radius 2 is 1.57 bits per heavy atom. The van der Waals surface area contributed by atoms with Gasteiger partial charge in [-0.3, -0.25) is 0 Å². The molecule has 1 aliphatic rings. The van der Waals surface area contributed by atoms with Gasteiger partial charge in [-0.15, -0.1) is 0 Å².